The Morgan fingerprint density at radius 2 is 2.16 bits per heavy atom. The van der Waals surface area contributed by atoms with Crippen LogP contribution in [-0.4, -0.2) is 24.5 Å². The lowest BCUT2D eigenvalue weighted by molar-refractivity contribution is 0.543. The number of aromatic nitrogens is 5. The van der Waals surface area contributed by atoms with Gasteiger partial charge in [-0.2, -0.15) is 10.2 Å². The normalized spacial score (nSPS) is 10.8. The zero-order valence-corrected chi connectivity index (χ0v) is 11.9. The van der Waals surface area contributed by atoms with Crippen molar-refractivity contribution in [1.82, 2.24) is 24.5 Å². The Kier molecular flexibility index (Phi) is 4.26. The SMILES string of the molecule is CCCCn1nc(-c2n[nH]c(=S)n2CC)ccc1=O. The Bertz CT molecular complexity index is 669. The highest BCUT2D eigenvalue weighted by Crippen LogP contribution is 2.12. The monoisotopic (exact) mass is 279 g/mol. The minimum absolute atomic E-state index is 0.0885. The van der Waals surface area contributed by atoms with Crippen LogP contribution in [0.4, 0.5) is 0 Å². The molecule has 102 valence electrons. The van der Waals surface area contributed by atoms with E-state index in [0.29, 0.717) is 29.4 Å². The van der Waals surface area contributed by atoms with Crippen molar-refractivity contribution in [3.05, 3.63) is 27.3 Å². The Labute approximate surface area is 116 Å². The van der Waals surface area contributed by atoms with Crippen LogP contribution < -0.4 is 5.56 Å². The third-order valence-corrected chi connectivity index (χ3v) is 3.21. The molecular weight excluding hydrogens is 262 g/mol. The lowest BCUT2D eigenvalue weighted by atomic mass is 10.3. The second-order valence-corrected chi connectivity index (χ2v) is 4.62. The van der Waals surface area contributed by atoms with E-state index in [0.717, 1.165) is 12.8 Å². The van der Waals surface area contributed by atoms with Gasteiger partial charge in [0, 0.05) is 19.2 Å². The molecule has 0 aliphatic carbocycles. The van der Waals surface area contributed by atoms with Crippen LogP contribution in [0.2, 0.25) is 0 Å². The standard InChI is InChI=1S/C12H17N5OS/c1-3-5-8-17-10(18)7-6-9(15-17)11-13-14-12(19)16(11)4-2/h6-7H,3-5,8H2,1-2H3,(H,14,19). The molecule has 0 spiro atoms. The van der Waals surface area contributed by atoms with Gasteiger partial charge in [0.05, 0.1) is 0 Å². The van der Waals surface area contributed by atoms with E-state index < -0.39 is 0 Å². The van der Waals surface area contributed by atoms with Crippen LogP contribution >= 0.6 is 12.2 Å². The van der Waals surface area contributed by atoms with Gasteiger partial charge < -0.3 is 0 Å². The van der Waals surface area contributed by atoms with Crippen LogP contribution in [0.3, 0.4) is 0 Å². The summed E-state index contributed by atoms with van der Waals surface area (Å²) in [4.78, 5) is 11.7. The van der Waals surface area contributed by atoms with E-state index in [1.165, 1.54) is 10.7 Å². The molecule has 0 radical (unpaired) electrons. The van der Waals surface area contributed by atoms with Crippen LogP contribution in [0.5, 0.6) is 0 Å². The van der Waals surface area contributed by atoms with Gasteiger partial charge in [0.1, 0.15) is 5.69 Å². The lowest BCUT2D eigenvalue weighted by Crippen LogP contribution is -2.22. The van der Waals surface area contributed by atoms with Crippen molar-refractivity contribution in [3.8, 4) is 11.5 Å². The van der Waals surface area contributed by atoms with Crippen LogP contribution in [0.25, 0.3) is 11.5 Å². The van der Waals surface area contributed by atoms with E-state index in [9.17, 15) is 4.79 Å². The molecule has 7 heteroatoms. The summed E-state index contributed by atoms with van der Waals surface area (Å²) in [6, 6.07) is 3.21. The first-order valence-corrected chi connectivity index (χ1v) is 6.82. The first-order valence-electron chi connectivity index (χ1n) is 6.41. The van der Waals surface area contributed by atoms with Gasteiger partial charge in [0.15, 0.2) is 10.6 Å². The zero-order chi connectivity index (χ0) is 13.8. The fraction of sp³-hybridized carbons (Fsp3) is 0.500. The number of hydrogen-bond acceptors (Lipinski definition) is 4. The largest absolute Gasteiger partial charge is 0.299 e. The van der Waals surface area contributed by atoms with E-state index in [4.69, 9.17) is 12.2 Å². The Morgan fingerprint density at radius 3 is 2.84 bits per heavy atom. The average Bonchev–Trinajstić information content (AvgIpc) is 2.79. The molecule has 2 rings (SSSR count). The maximum absolute atomic E-state index is 11.7. The van der Waals surface area contributed by atoms with Crippen LogP contribution in [0.1, 0.15) is 26.7 Å². The van der Waals surface area contributed by atoms with Gasteiger partial charge >= 0.3 is 0 Å². The molecule has 2 aromatic heterocycles. The highest BCUT2D eigenvalue weighted by molar-refractivity contribution is 7.71. The number of aryl methyl sites for hydroxylation is 1. The number of H-pyrrole nitrogens is 1. The first-order chi connectivity index (χ1) is 9.17. The molecule has 0 amide bonds. The molecule has 2 heterocycles. The molecular formula is C12H17N5OS. The molecule has 2 aromatic rings. The average molecular weight is 279 g/mol. The van der Waals surface area contributed by atoms with Gasteiger partial charge in [-0.1, -0.05) is 13.3 Å². The molecule has 0 unspecified atom stereocenters. The van der Waals surface area contributed by atoms with Crippen LogP contribution in [0.15, 0.2) is 16.9 Å². The fourth-order valence-electron chi connectivity index (χ4n) is 1.84. The van der Waals surface area contributed by atoms with Crippen molar-refractivity contribution in [1.29, 1.82) is 0 Å². The highest BCUT2D eigenvalue weighted by Gasteiger charge is 2.10. The van der Waals surface area contributed by atoms with Crippen molar-refractivity contribution in [2.75, 3.05) is 0 Å². The third kappa shape index (κ3) is 2.81. The van der Waals surface area contributed by atoms with Gasteiger partial charge in [-0.25, -0.2) is 4.68 Å². The smallest absolute Gasteiger partial charge is 0.266 e. The maximum atomic E-state index is 11.7. The summed E-state index contributed by atoms with van der Waals surface area (Å²) >= 11 is 5.15. The Balaban J connectivity index is 2.45. The summed E-state index contributed by atoms with van der Waals surface area (Å²) in [5.74, 6) is 0.665. The number of rotatable bonds is 5. The minimum Gasteiger partial charge on any atom is -0.299 e. The van der Waals surface area contributed by atoms with Crippen molar-refractivity contribution in [2.45, 2.75) is 39.8 Å². The van der Waals surface area contributed by atoms with Gasteiger partial charge in [-0.3, -0.25) is 14.5 Å². The van der Waals surface area contributed by atoms with E-state index in [1.54, 1.807) is 6.07 Å². The van der Waals surface area contributed by atoms with E-state index in [1.807, 2.05) is 11.5 Å². The Morgan fingerprint density at radius 1 is 1.37 bits per heavy atom. The second kappa shape index (κ2) is 5.92. The number of nitrogens with one attached hydrogen (secondary N) is 1. The Hall–Kier alpha value is -1.76. The summed E-state index contributed by atoms with van der Waals surface area (Å²) in [5.41, 5.74) is 0.569. The molecule has 0 bridgehead atoms. The molecule has 0 saturated carbocycles. The summed E-state index contributed by atoms with van der Waals surface area (Å²) in [6.07, 6.45) is 1.95. The molecule has 0 aliphatic heterocycles. The van der Waals surface area contributed by atoms with Gasteiger partial charge in [-0.15, -0.1) is 0 Å². The van der Waals surface area contributed by atoms with Crippen molar-refractivity contribution < 1.29 is 0 Å². The molecule has 0 aliphatic rings. The molecule has 0 atom stereocenters. The summed E-state index contributed by atoms with van der Waals surface area (Å²) < 4.78 is 3.90. The van der Waals surface area contributed by atoms with Gasteiger partial charge in [0.25, 0.3) is 5.56 Å². The van der Waals surface area contributed by atoms with Crippen molar-refractivity contribution in [2.24, 2.45) is 0 Å². The fourth-order valence-corrected chi connectivity index (χ4v) is 2.10. The van der Waals surface area contributed by atoms with Crippen molar-refractivity contribution in [3.63, 3.8) is 0 Å². The molecule has 1 N–H and O–H groups in total. The number of nitrogens with zero attached hydrogens (tertiary/aromatic N) is 4. The molecule has 0 fully saturated rings. The van der Waals surface area contributed by atoms with Gasteiger partial charge in [-0.05, 0) is 31.6 Å². The molecule has 19 heavy (non-hydrogen) atoms. The first kappa shape index (κ1) is 13.7. The van der Waals surface area contributed by atoms with Gasteiger partial charge in [0.2, 0.25) is 0 Å². The topological polar surface area (TPSA) is 68.5 Å². The van der Waals surface area contributed by atoms with E-state index in [-0.39, 0.29) is 5.56 Å². The number of hydrogen-bond donors (Lipinski definition) is 1. The number of unbranched alkanes of at least 4 members (excludes halogenated alkanes) is 1. The molecule has 0 saturated heterocycles. The summed E-state index contributed by atoms with van der Waals surface area (Å²) in [7, 11) is 0. The van der Waals surface area contributed by atoms with Crippen molar-refractivity contribution >= 4 is 12.2 Å². The lowest BCUT2D eigenvalue weighted by Gasteiger charge is -2.06. The summed E-state index contributed by atoms with van der Waals surface area (Å²) in [6.45, 7) is 5.40. The molecule has 6 nitrogen and oxygen atoms in total. The quantitative estimate of drug-likeness (QED) is 0.850. The third-order valence-electron chi connectivity index (χ3n) is 2.89. The van der Waals surface area contributed by atoms with Crippen LogP contribution in [-0.2, 0) is 13.1 Å². The van der Waals surface area contributed by atoms with E-state index >= 15 is 0 Å². The zero-order valence-electron chi connectivity index (χ0n) is 11.1. The van der Waals surface area contributed by atoms with Crippen LogP contribution in [0, 0.1) is 4.77 Å². The number of aromatic amines is 1. The second-order valence-electron chi connectivity index (χ2n) is 4.23. The minimum atomic E-state index is -0.0885. The predicted molar refractivity (Wildman–Crippen MR) is 75.5 cm³/mol. The summed E-state index contributed by atoms with van der Waals surface area (Å²) in [5, 5.41) is 11.3. The maximum Gasteiger partial charge on any atom is 0.266 e. The van der Waals surface area contributed by atoms with E-state index in [2.05, 4.69) is 22.2 Å². The predicted octanol–water partition coefficient (Wildman–Crippen LogP) is 1.98. The molecule has 0 aromatic carbocycles. The highest BCUT2D eigenvalue weighted by atomic mass is 32.1.